The smallest absolute Gasteiger partial charge is 0.375 e. The molecule has 0 unspecified atom stereocenters. The lowest BCUT2D eigenvalue weighted by molar-refractivity contribution is -0.133. The minimum atomic E-state index is -1.27. The van der Waals surface area contributed by atoms with Crippen molar-refractivity contribution >= 4 is 23.6 Å². The Labute approximate surface area is 78.7 Å². The number of carboxylic acids is 2. The molecule has 76 valence electrons. The monoisotopic (exact) mass is 200 g/mol. The summed E-state index contributed by atoms with van der Waals surface area (Å²) in [6.45, 7) is 0. The molecule has 0 amide bonds. The topological polar surface area (TPSA) is 106 Å². The van der Waals surface area contributed by atoms with Gasteiger partial charge in [0, 0.05) is 14.1 Å². The zero-order valence-electron chi connectivity index (χ0n) is 7.50. The van der Waals surface area contributed by atoms with Crippen LogP contribution in [0.5, 0.6) is 0 Å². The van der Waals surface area contributed by atoms with Gasteiger partial charge in [0.25, 0.3) is 11.7 Å². The van der Waals surface area contributed by atoms with E-state index in [2.05, 4.69) is 10.2 Å². The molecule has 0 saturated heterocycles. The van der Waals surface area contributed by atoms with Crippen LogP contribution in [0.3, 0.4) is 0 Å². The van der Waals surface area contributed by atoms with E-state index < -0.39 is 11.9 Å². The van der Waals surface area contributed by atoms with Gasteiger partial charge in [0.1, 0.15) is 0 Å². The van der Waals surface area contributed by atoms with Crippen LogP contribution in [-0.2, 0) is 9.59 Å². The highest BCUT2D eigenvalue weighted by molar-refractivity contribution is 6.38. The second-order valence-electron chi connectivity index (χ2n) is 2.50. The first-order valence-corrected chi connectivity index (χ1v) is 3.54. The van der Waals surface area contributed by atoms with Gasteiger partial charge >= 0.3 is 11.9 Å². The minimum absolute atomic E-state index is 0.336. The summed E-state index contributed by atoms with van der Waals surface area (Å²) in [4.78, 5) is 21.1. The van der Waals surface area contributed by atoms with E-state index in [1.165, 1.54) is 14.1 Å². The van der Waals surface area contributed by atoms with Crippen molar-refractivity contribution in [3.8, 4) is 0 Å². The summed E-state index contributed by atoms with van der Waals surface area (Å²) in [6, 6.07) is 0. The average molecular weight is 200 g/mol. The lowest BCUT2D eigenvalue weighted by Crippen LogP contribution is -2.51. The molecule has 8 nitrogen and oxygen atoms in total. The van der Waals surface area contributed by atoms with Crippen molar-refractivity contribution < 1.29 is 19.8 Å². The summed E-state index contributed by atoms with van der Waals surface area (Å²) >= 11 is 0. The Morgan fingerprint density at radius 2 is 1.29 bits per heavy atom. The molecule has 1 rings (SSSR count). The largest absolute Gasteiger partial charge is 0.475 e. The minimum Gasteiger partial charge on any atom is -0.475 e. The Balaban J connectivity index is 3.08. The summed E-state index contributed by atoms with van der Waals surface area (Å²) in [5.41, 5.74) is 0. The zero-order chi connectivity index (χ0) is 10.9. The fourth-order valence-electron chi connectivity index (χ4n) is 0.871. The maximum absolute atomic E-state index is 10.6. The highest BCUT2D eigenvalue weighted by Crippen LogP contribution is 2.04. The van der Waals surface area contributed by atoms with Gasteiger partial charge in [-0.2, -0.15) is 0 Å². The molecule has 0 aromatic carbocycles. The van der Waals surface area contributed by atoms with E-state index in [0.717, 1.165) is 10.0 Å². The van der Waals surface area contributed by atoms with Crippen LogP contribution in [-0.4, -0.2) is 57.9 Å². The number of carboxylic acid groups (broad SMARTS) is 2. The van der Waals surface area contributed by atoms with E-state index in [-0.39, 0.29) is 11.7 Å². The highest BCUT2D eigenvalue weighted by atomic mass is 16.4. The fourth-order valence-corrected chi connectivity index (χ4v) is 0.871. The van der Waals surface area contributed by atoms with E-state index in [4.69, 9.17) is 10.2 Å². The molecule has 0 radical (unpaired) electrons. The number of hydrogen-bond acceptors (Lipinski definition) is 6. The summed E-state index contributed by atoms with van der Waals surface area (Å²) in [5, 5.41) is 26.0. The van der Waals surface area contributed by atoms with Crippen molar-refractivity contribution in [1.29, 1.82) is 0 Å². The number of amidine groups is 2. The van der Waals surface area contributed by atoms with Crippen LogP contribution in [0.1, 0.15) is 0 Å². The van der Waals surface area contributed by atoms with Gasteiger partial charge < -0.3 is 10.2 Å². The molecule has 0 aromatic heterocycles. The predicted molar refractivity (Wildman–Crippen MR) is 45.7 cm³/mol. The first-order chi connectivity index (χ1) is 6.45. The molecule has 8 heteroatoms. The van der Waals surface area contributed by atoms with Crippen molar-refractivity contribution in [2.24, 2.45) is 10.2 Å². The number of hydrazine groups is 1. The predicted octanol–water partition coefficient (Wildman–Crippen LogP) is -1.34. The van der Waals surface area contributed by atoms with Gasteiger partial charge in [0.15, 0.2) is 0 Å². The molecule has 1 heterocycles. The molecule has 0 bridgehead atoms. The Morgan fingerprint density at radius 3 is 1.50 bits per heavy atom. The maximum Gasteiger partial charge on any atom is 0.375 e. The number of carbonyl (C=O) groups is 2. The summed E-state index contributed by atoms with van der Waals surface area (Å²) in [5.74, 6) is -3.21. The van der Waals surface area contributed by atoms with Gasteiger partial charge in [-0.15, -0.1) is 10.2 Å². The van der Waals surface area contributed by atoms with Crippen LogP contribution in [0.15, 0.2) is 10.2 Å². The van der Waals surface area contributed by atoms with Gasteiger partial charge in [-0.25, -0.2) is 9.59 Å². The molecule has 14 heavy (non-hydrogen) atoms. The molecule has 1 aliphatic heterocycles. The van der Waals surface area contributed by atoms with Crippen molar-refractivity contribution in [3.63, 3.8) is 0 Å². The average Bonchev–Trinajstić information content (AvgIpc) is 2.08. The van der Waals surface area contributed by atoms with Gasteiger partial charge in [-0.1, -0.05) is 0 Å². The highest BCUT2D eigenvalue weighted by Gasteiger charge is 2.28. The van der Waals surface area contributed by atoms with Crippen LogP contribution >= 0.6 is 0 Å². The third-order valence-electron chi connectivity index (χ3n) is 1.69. The third-order valence-corrected chi connectivity index (χ3v) is 1.69. The number of likely N-dealkylation sites (N-methyl/N-ethyl adjacent to an activating group) is 2. The van der Waals surface area contributed by atoms with Gasteiger partial charge in [0.2, 0.25) is 0 Å². The summed E-state index contributed by atoms with van der Waals surface area (Å²) in [7, 11) is 2.76. The van der Waals surface area contributed by atoms with E-state index in [1.807, 2.05) is 0 Å². The first-order valence-electron chi connectivity index (χ1n) is 3.54. The number of aliphatic carboxylic acids is 2. The van der Waals surface area contributed by atoms with Crippen LogP contribution in [0.4, 0.5) is 0 Å². The lowest BCUT2D eigenvalue weighted by atomic mass is 10.5. The summed E-state index contributed by atoms with van der Waals surface area (Å²) in [6.07, 6.45) is 0. The lowest BCUT2D eigenvalue weighted by Gasteiger charge is -2.31. The van der Waals surface area contributed by atoms with Gasteiger partial charge in [0.05, 0.1) is 0 Å². The van der Waals surface area contributed by atoms with Gasteiger partial charge in [-0.05, 0) is 0 Å². The molecule has 2 N–H and O–H groups in total. The fraction of sp³-hybridized carbons (Fsp3) is 0.333. The first kappa shape index (κ1) is 9.96. The number of nitrogens with zero attached hydrogens (tertiary/aromatic N) is 4. The van der Waals surface area contributed by atoms with Crippen LogP contribution in [0.25, 0.3) is 0 Å². The van der Waals surface area contributed by atoms with E-state index in [9.17, 15) is 9.59 Å². The van der Waals surface area contributed by atoms with Crippen LogP contribution in [0.2, 0.25) is 0 Å². The molecule has 0 spiro atoms. The van der Waals surface area contributed by atoms with Crippen molar-refractivity contribution in [2.45, 2.75) is 0 Å². The number of hydrogen-bond donors (Lipinski definition) is 2. The normalized spacial score (nSPS) is 16.1. The summed E-state index contributed by atoms with van der Waals surface area (Å²) < 4.78 is 0. The molecule has 0 saturated carbocycles. The molecular formula is C6H8N4O4. The SMILES string of the molecule is CN1C(C(=O)O)=NN=C(C(=O)O)N1C. The molecule has 0 atom stereocenters. The number of rotatable bonds is 2. The molecular weight excluding hydrogens is 192 g/mol. The van der Waals surface area contributed by atoms with Crippen molar-refractivity contribution in [1.82, 2.24) is 10.0 Å². The van der Waals surface area contributed by atoms with Crippen molar-refractivity contribution in [2.75, 3.05) is 14.1 Å². The Kier molecular flexibility index (Phi) is 2.36. The third kappa shape index (κ3) is 1.49. The molecule has 0 fully saturated rings. The Hall–Kier alpha value is -2.12. The van der Waals surface area contributed by atoms with Crippen LogP contribution < -0.4 is 0 Å². The van der Waals surface area contributed by atoms with E-state index >= 15 is 0 Å². The molecule has 0 aromatic rings. The van der Waals surface area contributed by atoms with Crippen LogP contribution in [0, 0.1) is 0 Å². The molecule has 1 aliphatic rings. The quantitative estimate of drug-likeness (QED) is 0.571. The second-order valence-corrected chi connectivity index (χ2v) is 2.50. The van der Waals surface area contributed by atoms with E-state index in [1.54, 1.807) is 0 Å². The van der Waals surface area contributed by atoms with Crippen molar-refractivity contribution in [3.05, 3.63) is 0 Å². The maximum atomic E-state index is 10.6. The Morgan fingerprint density at radius 1 is 1.00 bits per heavy atom. The van der Waals surface area contributed by atoms with Gasteiger partial charge in [-0.3, -0.25) is 10.0 Å². The standard InChI is InChI=1S/C6H8N4O4/c1-9-3(5(11)12)7-8-4(6(13)14)10(9)2/h1-2H3,(H,11,12)(H,13,14). The zero-order valence-corrected chi connectivity index (χ0v) is 7.50. The Bertz CT molecular complexity index is 314. The molecule has 0 aliphatic carbocycles. The van der Waals surface area contributed by atoms with E-state index in [0.29, 0.717) is 0 Å². The second kappa shape index (κ2) is 3.32.